The molecule has 0 amide bonds. The molecule has 0 saturated heterocycles. The molecule has 43 heavy (non-hydrogen) atoms. The number of non-ortho nitro benzene ring substituents is 2. The molecule has 11 nitrogen and oxygen atoms in total. The highest BCUT2D eigenvalue weighted by Crippen LogP contribution is 2.40. The Morgan fingerprint density at radius 1 is 0.767 bits per heavy atom. The van der Waals surface area contributed by atoms with Gasteiger partial charge in [-0.3, -0.25) is 34.4 Å². The van der Waals surface area contributed by atoms with Gasteiger partial charge in [0.25, 0.3) is 22.7 Å². The lowest BCUT2D eigenvalue weighted by Crippen LogP contribution is -2.33. The van der Waals surface area contributed by atoms with Crippen LogP contribution in [-0.2, 0) is 0 Å². The third kappa shape index (κ3) is 5.24. The van der Waals surface area contributed by atoms with Gasteiger partial charge >= 0.3 is 6.18 Å². The zero-order chi connectivity index (χ0) is 31.1. The molecule has 0 radical (unpaired) electrons. The van der Waals surface area contributed by atoms with Crippen molar-refractivity contribution in [2.24, 2.45) is 0 Å². The summed E-state index contributed by atoms with van der Waals surface area (Å²) in [4.78, 5) is 48.5. The van der Waals surface area contributed by atoms with E-state index in [1.165, 1.54) is 95.9 Å². The standard InChI is InChI=1S/C29H17F3N4O7/c30-29(31,32)27(38)25-26(37)23-15-14-22(16-24(23)34(28(25)39)17-4-2-1-3-5-17)33(18-6-10-20(11-7-18)35(40)41)19-8-12-21(13-9-19)36(42)43/h1-16,37H. The minimum Gasteiger partial charge on any atom is -0.506 e. The van der Waals surface area contributed by atoms with Crippen molar-refractivity contribution in [2.75, 3.05) is 4.90 Å². The highest BCUT2D eigenvalue weighted by atomic mass is 19.4. The summed E-state index contributed by atoms with van der Waals surface area (Å²) in [5.41, 5.74) is -2.30. The molecule has 14 heteroatoms. The van der Waals surface area contributed by atoms with Crippen molar-refractivity contribution in [1.82, 2.24) is 4.57 Å². The van der Waals surface area contributed by atoms with Gasteiger partial charge in [-0.25, -0.2) is 0 Å². The number of alkyl halides is 3. The molecule has 0 aliphatic carbocycles. The third-order valence-electron chi connectivity index (χ3n) is 6.53. The molecule has 0 bridgehead atoms. The number of carbonyl (C=O) groups excluding carboxylic acids is 1. The van der Waals surface area contributed by atoms with Crippen LogP contribution in [0.15, 0.2) is 102 Å². The molecule has 0 aliphatic rings. The monoisotopic (exact) mass is 590 g/mol. The first-order chi connectivity index (χ1) is 20.4. The lowest BCUT2D eigenvalue weighted by atomic mass is 10.0. The Morgan fingerprint density at radius 3 is 1.72 bits per heavy atom. The Morgan fingerprint density at radius 2 is 1.26 bits per heavy atom. The van der Waals surface area contributed by atoms with Crippen LogP contribution < -0.4 is 10.5 Å². The Bertz CT molecular complexity index is 1900. The van der Waals surface area contributed by atoms with E-state index in [1.807, 2.05) is 0 Å². The number of aromatic nitrogens is 1. The van der Waals surface area contributed by atoms with Gasteiger partial charge in [0, 0.05) is 52.4 Å². The van der Waals surface area contributed by atoms with Crippen molar-refractivity contribution in [3.05, 3.63) is 133 Å². The molecule has 5 aromatic rings. The molecule has 4 aromatic carbocycles. The maximum Gasteiger partial charge on any atom is 0.455 e. The fourth-order valence-corrected chi connectivity index (χ4v) is 4.58. The normalized spacial score (nSPS) is 11.3. The van der Waals surface area contributed by atoms with Gasteiger partial charge in [-0.15, -0.1) is 0 Å². The van der Waals surface area contributed by atoms with Gasteiger partial charge in [-0.2, -0.15) is 13.2 Å². The predicted octanol–water partition coefficient (Wildman–Crippen LogP) is 6.73. The summed E-state index contributed by atoms with van der Waals surface area (Å²) in [6, 6.07) is 22.1. The Hall–Kier alpha value is -6.05. The van der Waals surface area contributed by atoms with Crippen molar-refractivity contribution in [1.29, 1.82) is 0 Å². The zero-order valence-electron chi connectivity index (χ0n) is 21.6. The van der Waals surface area contributed by atoms with Crippen LogP contribution >= 0.6 is 0 Å². The second-order valence-electron chi connectivity index (χ2n) is 9.11. The summed E-state index contributed by atoms with van der Waals surface area (Å²) < 4.78 is 41.2. The summed E-state index contributed by atoms with van der Waals surface area (Å²) in [7, 11) is 0. The van der Waals surface area contributed by atoms with Gasteiger partial charge in [0.1, 0.15) is 11.3 Å². The first-order valence-electron chi connectivity index (χ1n) is 12.3. The van der Waals surface area contributed by atoms with Crippen LogP contribution in [0.5, 0.6) is 5.75 Å². The van der Waals surface area contributed by atoms with E-state index >= 15 is 0 Å². The van der Waals surface area contributed by atoms with Crippen molar-refractivity contribution in [3.8, 4) is 11.4 Å². The fraction of sp³-hybridized carbons (Fsp3) is 0.0345. The molecule has 0 saturated carbocycles. The van der Waals surface area contributed by atoms with Crippen molar-refractivity contribution >= 4 is 45.1 Å². The third-order valence-corrected chi connectivity index (χ3v) is 6.53. The molecule has 1 N–H and O–H groups in total. The summed E-state index contributed by atoms with van der Waals surface area (Å²) in [6.07, 6.45) is -5.44. The largest absolute Gasteiger partial charge is 0.506 e. The van der Waals surface area contributed by atoms with E-state index in [-0.39, 0.29) is 33.7 Å². The molecule has 0 fully saturated rings. The van der Waals surface area contributed by atoms with Gasteiger partial charge in [0.05, 0.1) is 15.4 Å². The summed E-state index contributed by atoms with van der Waals surface area (Å²) in [6.45, 7) is 0. The van der Waals surface area contributed by atoms with Crippen LogP contribution in [0.3, 0.4) is 0 Å². The van der Waals surface area contributed by atoms with Crippen LogP contribution in [0.2, 0.25) is 0 Å². The van der Waals surface area contributed by atoms with E-state index < -0.39 is 38.7 Å². The number of carbonyl (C=O) groups is 1. The number of halogens is 3. The van der Waals surface area contributed by atoms with Crippen molar-refractivity contribution < 1.29 is 32.9 Å². The smallest absolute Gasteiger partial charge is 0.455 e. The van der Waals surface area contributed by atoms with E-state index in [9.17, 15) is 48.1 Å². The van der Waals surface area contributed by atoms with Crippen molar-refractivity contribution in [3.63, 3.8) is 0 Å². The Balaban J connectivity index is 1.81. The van der Waals surface area contributed by atoms with Crippen molar-refractivity contribution in [2.45, 2.75) is 6.18 Å². The molecule has 0 spiro atoms. The summed E-state index contributed by atoms with van der Waals surface area (Å²) >= 11 is 0. The minimum atomic E-state index is -5.44. The lowest BCUT2D eigenvalue weighted by Gasteiger charge is -2.26. The van der Waals surface area contributed by atoms with E-state index in [4.69, 9.17) is 0 Å². The lowest BCUT2D eigenvalue weighted by molar-refractivity contribution is -0.385. The number of benzene rings is 4. The average molecular weight is 590 g/mol. The number of aromatic hydroxyl groups is 1. The number of anilines is 3. The minimum absolute atomic E-state index is 0.0706. The number of fused-ring (bicyclic) bond motifs is 1. The van der Waals surface area contributed by atoms with Crippen LogP contribution in [0.4, 0.5) is 41.6 Å². The number of hydrogen-bond acceptors (Lipinski definition) is 8. The Kier molecular flexibility index (Phi) is 7.11. The number of pyridine rings is 1. The van der Waals surface area contributed by atoms with Gasteiger partial charge in [0.2, 0.25) is 0 Å². The topological polar surface area (TPSA) is 149 Å². The van der Waals surface area contributed by atoms with Crippen LogP contribution in [0, 0.1) is 20.2 Å². The summed E-state index contributed by atoms with van der Waals surface area (Å²) in [5, 5.41) is 33.0. The number of nitrogens with zero attached hydrogens (tertiary/aromatic N) is 4. The van der Waals surface area contributed by atoms with E-state index in [0.717, 1.165) is 4.57 Å². The second-order valence-corrected chi connectivity index (χ2v) is 9.11. The van der Waals surface area contributed by atoms with Gasteiger partial charge in [-0.05, 0) is 54.6 Å². The zero-order valence-corrected chi connectivity index (χ0v) is 21.6. The van der Waals surface area contributed by atoms with E-state index in [2.05, 4.69) is 0 Å². The number of nitro benzene ring substituents is 2. The maximum absolute atomic E-state index is 13.5. The molecule has 1 heterocycles. The predicted molar refractivity (Wildman–Crippen MR) is 150 cm³/mol. The van der Waals surface area contributed by atoms with Gasteiger partial charge < -0.3 is 10.0 Å². The Labute approximate surface area is 238 Å². The van der Waals surface area contributed by atoms with Gasteiger partial charge in [0.15, 0.2) is 0 Å². The van der Waals surface area contributed by atoms with Gasteiger partial charge in [-0.1, -0.05) is 18.2 Å². The van der Waals surface area contributed by atoms with Crippen LogP contribution in [-0.4, -0.2) is 31.5 Å². The second kappa shape index (κ2) is 10.7. The number of Topliss-reactive ketones (excluding diaryl/α,β-unsaturated/α-hetero) is 1. The molecule has 216 valence electrons. The SMILES string of the molecule is O=C(c1c(O)c2ccc(N(c3ccc([N+](=O)[O-])cc3)c3ccc([N+](=O)[O-])cc3)cc2n(-c2ccccc2)c1=O)C(F)(F)F. The van der Waals surface area contributed by atoms with E-state index in [1.54, 1.807) is 6.07 Å². The molecule has 0 aliphatic heterocycles. The molecular formula is C29H17F3N4O7. The quantitative estimate of drug-likeness (QED) is 0.125. The average Bonchev–Trinajstić information content (AvgIpc) is 2.98. The summed E-state index contributed by atoms with van der Waals surface area (Å²) in [5.74, 6) is -3.66. The highest BCUT2D eigenvalue weighted by Gasteiger charge is 2.43. The number of rotatable bonds is 7. The maximum atomic E-state index is 13.5. The number of ketones is 1. The molecule has 1 aromatic heterocycles. The van der Waals surface area contributed by atoms with E-state index in [0.29, 0.717) is 11.4 Å². The first kappa shape index (κ1) is 28.5. The fourth-order valence-electron chi connectivity index (χ4n) is 4.58. The van der Waals surface area contributed by atoms with Crippen LogP contribution in [0.1, 0.15) is 10.4 Å². The molecule has 0 atom stereocenters. The molecule has 5 rings (SSSR count). The highest BCUT2D eigenvalue weighted by molar-refractivity contribution is 6.07. The number of hydrogen-bond donors (Lipinski definition) is 1. The number of para-hydroxylation sites is 1. The molecule has 0 unspecified atom stereocenters. The molecular weight excluding hydrogens is 573 g/mol. The number of nitro groups is 2. The first-order valence-corrected chi connectivity index (χ1v) is 12.3. The van der Waals surface area contributed by atoms with Crippen LogP contribution in [0.25, 0.3) is 16.6 Å².